The molecule has 1 atom stereocenters. The molecule has 5 aromatic carbocycles. The fourth-order valence-electron chi connectivity index (χ4n) is 8.17. The average molecular weight is 847 g/mol. The lowest BCUT2D eigenvalue weighted by atomic mass is 9.76. The highest BCUT2D eigenvalue weighted by molar-refractivity contribution is 5.96. The molecule has 1 aliphatic heterocycles. The molecule has 0 fully saturated rings. The van der Waals surface area contributed by atoms with E-state index in [1.54, 1.807) is 48.9 Å². The molecule has 1 aliphatic rings. The minimum atomic E-state index is -0.897. The number of hydrogen-bond donors (Lipinski definition) is 2. The van der Waals surface area contributed by atoms with E-state index in [9.17, 15) is 14.4 Å². The Morgan fingerprint density at radius 2 is 1.40 bits per heavy atom. The van der Waals surface area contributed by atoms with Gasteiger partial charge in [-0.15, -0.1) is 0 Å². The molecule has 0 unspecified atom stereocenters. The predicted molar refractivity (Wildman–Crippen MR) is 242 cm³/mol. The number of nitrogens with zero attached hydrogens (tertiary/aromatic N) is 4. The van der Waals surface area contributed by atoms with Crippen LogP contribution in [0.3, 0.4) is 0 Å². The summed E-state index contributed by atoms with van der Waals surface area (Å²) in [5.74, 6) is -0.378. The maximum Gasteiger partial charge on any atom is 0.407 e. The minimum absolute atomic E-state index is 0.167. The van der Waals surface area contributed by atoms with Crippen LogP contribution in [0.4, 0.5) is 10.5 Å². The van der Waals surface area contributed by atoms with Crippen molar-refractivity contribution < 1.29 is 28.7 Å². The highest BCUT2D eigenvalue weighted by atomic mass is 16.6. The van der Waals surface area contributed by atoms with Crippen molar-refractivity contribution in [3.8, 4) is 0 Å². The van der Waals surface area contributed by atoms with E-state index in [2.05, 4.69) is 51.6 Å². The second kappa shape index (κ2) is 19.7. The number of benzene rings is 5. The number of alkyl carbamates (subject to hydrolysis) is 1. The topological polar surface area (TPSA) is 135 Å². The minimum Gasteiger partial charge on any atom is -0.469 e. The van der Waals surface area contributed by atoms with Crippen molar-refractivity contribution in [1.29, 1.82) is 0 Å². The molecule has 3 amide bonds. The molecule has 1 aromatic heterocycles. The Kier molecular flexibility index (Phi) is 13.7. The smallest absolute Gasteiger partial charge is 0.407 e. The standard InChI is InChI=1S/C51H54N6O6/c1-50(2,3)63-49(61)53-28-17-30-55-35-39-32-38(26-27-43(39)54-44(48(55)60)33-46(58)62-4)47(59)56(34-37-18-9-5-10-19-37)36-45-52-29-31-57(45)51(40-20-11-6-12-21-40,41-22-13-7-14-23-41)42-24-15-8-16-25-42/h5-16,18-27,29,31-32,44,54H,17,28,30,33-36H2,1-4H3,(H,53,61)/t44-/m1/s1. The molecule has 0 saturated carbocycles. The maximum atomic E-state index is 15.1. The fourth-order valence-corrected chi connectivity index (χ4v) is 8.17. The largest absolute Gasteiger partial charge is 0.469 e. The first-order chi connectivity index (χ1) is 30.5. The number of esters is 1. The molecule has 0 radical (unpaired) electrons. The summed E-state index contributed by atoms with van der Waals surface area (Å²) in [6, 6.07) is 45.3. The van der Waals surface area contributed by atoms with Crippen molar-refractivity contribution in [3.63, 3.8) is 0 Å². The number of methoxy groups -OCH3 is 1. The van der Waals surface area contributed by atoms with Crippen LogP contribution in [0, 0.1) is 0 Å². The second-order valence-corrected chi connectivity index (χ2v) is 16.6. The van der Waals surface area contributed by atoms with E-state index >= 15 is 4.79 Å². The Hall–Kier alpha value is -7.21. The number of hydrogen-bond acceptors (Lipinski definition) is 8. The Labute approximate surface area is 368 Å². The molecule has 0 bridgehead atoms. The van der Waals surface area contributed by atoms with Gasteiger partial charge >= 0.3 is 12.1 Å². The average Bonchev–Trinajstić information content (AvgIpc) is 3.71. The van der Waals surface area contributed by atoms with E-state index < -0.39 is 29.2 Å². The van der Waals surface area contributed by atoms with Crippen LogP contribution in [-0.4, -0.2) is 75.1 Å². The Morgan fingerprint density at radius 3 is 1.97 bits per heavy atom. The Balaban J connectivity index is 1.24. The molecule has 0 spiro atoms. The first kappa shape index (κ1) is 43.9. The first-order valence-corrected chi connectivity index (χ1v) is 21.2. The molecular weight excluding hydrogens is 793 g/mol. The van der Waals surface area contributed by atoms with Crippen LogP contribution in [0.25, 0.3) is 0 Å². The number of amides is 3. The summed E-state index contributed by atoms with van der Waals surface area (Å²) in [4.78, 5) is 62.2. The Morgan fingerprint density at radius 1 is 0.810 bits per heavy atom. The number of aromatic nitrogens is 2. The van der Waals surface area contributed by atoms with E-state index in [-0.39, 0.29) is 44.4 Å². The van der Waals surface area contributed by atoms with Crippen molar-refractivity contribution >= 4 is 29.6 Å². The first-order valence-electron chi connectivity index (χ1n) is 21.2. The van der Waals surface area contributed by atoms with Gasteiger partial charge in [0.15, 0.2) is 0 Å². The van der Waals surface area contributed by atoms with Crippen LogP contribution in [0.1, 0.15) is 77.6 Å². The van der Waals surface area contributed by atoms with Gasteiger partial charge in [-0.3, -0.25) is 14.4 Å². The van der Waals surface area contributed by atoms with Crippen molar-refractivity contribution in [2.75, 3.05) is 25.5 Å². The van der Waals surface area contributed by atoms with E-state index in [4.69, 9.17) is 14.5 Å². The Bertz CT molecular complexity index is 2390. The monoisotopic (exact) mass is 846 g/mol. The zero-order valence-electron chi connectivity index (χ0n) is 36.2. The van der Waals surface area contributed by atoms with E-state index in [1.165, 1.54) is 7.11 Å². The van der Waals surface area contributed by atoms with Gasteiger partial charge in [-0.25, -0.2) is 9.78 Å². The zero-order valence-corrected chi connectivity index (χ0v) is 36.2. The number of fused-ring (bicyclic) bond motifs is 1. The summed E-state index contributed by atoms with van der Waals surface area (Å²) in [6.45, 7) is 6.55. The van der Waals surface area contributed by atoms with Crippen molar-refractivity contribution in [1.82, 2.24) is 24.7 Å². The summed E-state index contributed by atoms with van der Waals surface area (Å²) >= 11 is 0. The molecule has 7 rings (SSSR count). The number of nitrogens with one attached hydrogen (secondary N) is 2. The lowest BCUT2D eigenvalue weighted by Crippen LogP contribution is -2.43. The predicted octanol–water partition coefficient (Wildman–Crippen LogP) is 8.17. The van der Waals surface area contributed by atoms with Crippen molar-refractivity contribution in [3.05, 3.63) is 191 Å². The maximum absolute atomic E-state index is 15.1. The highest BCUT2D eigenvalue weighted by Crippen LogP contribution is 2.42. The summed E-state index contributed by atoms with van der Waals surface area (Å²) in [5, 5.41) is 6.01. The molecule has 0 aliphatic carbocycles. The quantitative estimate of drug-likeness (QED) is 0.0601. The summed E-state index contributed by atoms with van der Waals surface area (Å²) in [7, 11) is 1.29. The van der Waals surface area contributed by atoms with Gasteiger partial charge in [0.05, 0.1) is 20.1 Å². The number of carbonyl (C=O) groups is 4. The molecule has 2 heterocycles. The summed E-state index contributed by atoms with van der Waals surface area (Å²) in [5.41, 5.74) is 4.32. The van der Waals surface area contributed by atoms with E-state index in [0.717, 1.165) is 22.3 Å². The van der Waals surface area contributed by atoms with Crippen molar-refractivity contribution in [2.24, 2.45) is 0 Å². The molecule has 12 nitrogen and oxygen atoms in total. The van der Waals surface area contributed by atoms with Crippen LogP contribution < -0.4 is 10.6 Å². The van der Waals surface area contributed by atoms with Crippen molar-refractivity contribution in [2.45, 2.75) is 70.4 Å². The number of rotatable bonds is 15. The third kappa shape index (κ3) is 10.3. The lowest BCUT2D eigenvalue weighted by molar-refractivity contribution is -0.144. The van der Waals surface area contributed by atoms with Crippen LogP contribution in [0.2, 0.25) is 0 Å². The van der Waals surface area contributed by atoms with Crippen LogP contribution in [-0.2, 0) is 44.2 Å². The van der Waals surface area contributed by atoms with Gasteiger partial charge in [0.25, 0.3) is 5.91 Å². The van der Waals surface area contributed by atoms with Gasteiger partial charge in [-0.1, -0.05) is 121 Å². The molecule has 12 heteroatoms. The van der Waals surface area contributed by atoms with Crippen LogP contribution in [0.15, 0.2) is 152 Å². The second-order valence-electron chi connectivity index (χ2n) is 16.6. The van der Waals surface area contributed by atoms with E-state index in [1.807, 2.05) is 97.2 Å². The molecule has 63 heavy (non-hydrogen) atoms. The normalized spacial score (nSPS) is 13.9. The van der Waals surface area contributed by atoms with Gasteiger partial charge in [-0.2, -0.15) is 0 Å². The number of imidazole rings is 1. The third-order valence-corrected chi connectivity index (χ3v) is 11.0. The van der Waals surface area contributed by atoms with Gasteiger partial charge in [0.2, 0.25) is 5.91 Å². The highest BCUT2D eigenvalue weighted by Gasteiger charge is 2.40. The molecule has 6 aromatic rings. The summed E-state index contributed by atoms with van der Waals surface area (Å²) in [6.07, 6.45) is 3.48. The lowest BCUT2D eigenvalue weighted by Gasteiger charge is -2.39. The number of carbonyl (C=O) groups excluding carboxylic acids is 4. The SMILES string of the molecule is COC(=O)C[C@H]1Nc2ccc(C(=O)N(Cc3ccccc3)Cc3nccn3C(c3ccccc3)(c3ccccc3)c3ccccc3)cc2CN(CCCNC(=O)OC(C)(C)C)C1=O. The van der Waals surface area contributed by atoms with E-state index in [0.29, 0.717) is 35.6 Å². The molecule has 2 N–H and O–H groups in total. The summed E-state index contributed by atoms with van der Waals surface area (Å²) < 4.78 is 12.5. The number of anilines is 1. The van der Waals surface area contributed by atoms with Gasteiger partial charge in [-0.05, 0) is 73.2 Å². The molecule has 0 saturated heterocycles. The third-order valence-electron chi connectivity index (χ3n) is 11.0. The number of ether oxygens (including phenoxy) is 2. The molecule has 324 valence electrons. The fraction of sp³-hybridized carbons (Fsp3) is 0.275. The van der Waals surface area contributed by atoms with Gasteiger partial charge < -0.3 is 34.5 Å². The zero-order chi connectivity index (χ0) is 44.4. The van der Waals surface area contributed by atoms with Crippen LogP contribution >= 0.6 is 0 Å². The van der Waals surface area contributed by atoms with Gasteiger partial charge in [0.1, 0.15) is 23.0 Å². The van der Waals surface area contributed by atoms with Crippen LogP contribution in [0.5, 0.6) is 0 Å². The van der Waals surface area contributed by atoms with Gasteiger partial charge in [0, 0.05) is 49.8 Å². The molecular formula is C51H54N6O6.